The molecule has 1 aromatic rings. The largest absolute Gasteiger partial charge is 0.444 e. The average molecular weight is 324 g/mol. The van der Waals surface area contributed by atoms with Crippen molar-refractivity contribution < 1.29 is 14.3 Å². The van der Waals surface area contributed by atoms with Gasteiger partial charge in [-0.2, -0.15) is 0 Å². The van der Waals surface area contributed by atoms with E-state index in [2.05, 4.69) is 4.98 Å². The number of nitrogens with zero attached hydrogens (tertiary/aromatic N) is 2. The van der Waals surface area contributed by atoms with E-state index in [4.69, 9.17) is 4.74 Å². The van der Waals surface area contributed by atoms with Crippen LogP contribution in [0, 0.1) is 12.8 Å². The highest BCUT2D eigenvalue weighted by Crippen LogP contribution is 2.24. The van der Waals surface area contributed by atoms with Gasteiger partial charge in [0.05, 0.1) is 0 Å². The molecular weight excluding hydrogens is 300 g/mol. The Labute approximate surface area is 135 Å². The summed E-state index contributed by atoms with van der Waals surface area (Å²) in [5, 5.41) is 0.604. The highest BCUT2D eigenvalue weighted by molar-refractivity contribution is 7.13. The number of hydrogen-bond acceptors (Lipinski definition) is 5. The fourth-order valence-corrected chi connectivity index (χ4v) is 3.19. The minimum atomic E-state index is -0.466. The highest BCUT2D eigenvalue weighted by Gasteiger charge is 2.28. The quantitative estimate of drug-likeness (QED) is 0.796. The fourth-order valence-electron chi connectivity index (χ4n) is 2.48. The van der Waals surface area contributed by atoms with Gasteiger partial charge in [-0.25, -0.2) is 9.78 Å². The van der Waals surface area contributed by atoms with Gasteiger partial charge in [-0.05, 0) is 46.5 Å². The van der Waals surface area contributed by atoms with Crippen molar-refractivity contribution >= 4 is 23.2 Å². The molecule has 1 aromatic heterocycles. The number of hydrogen-bond donors (Lipinski definition) is 0. The molecule has 2 rings (SSSR count). The number of aromatic nitrogens is 1. The van der Waals surface area contributed by atoms with Gasteiger partial charge < -0.3 is 9.64 Å². The summed E-state index contributed by atoms with van der Waals surface area (Å²) in [6, 6.07) is 0. The molecule has 5 nitrogen and oxygen atoms in total. The van der Waals surface area contributed by atoms with Gasteiger partial charge in [0.2, 0.25) is 0 Å². The lowest BCUT2D eigenvalue weighted by Crippen LogP contribution is -2.42. The zero-order chi connectivity index (χ0) is 16.3. The number of carbonyl (C=O) groups is 2. The molecule has 6 heteroatoms. The standard InChI is InChI=1S/C16H24N2O3S/c1-11-10-17-14(22-11)13(19)9-12-5-7-18(8-6-12)15(20)21-16(2,3)4/h10,12H,5-9H2,1-4H3. The van der Waals surface area contributed by atoms with Crippen molar-refractivity contribution in [3.63, 3.8) is 0 Å². The van der Waals surface area contributed by atoms with Gasteiger partial charge in [-0.1, -0.05) is 0 Å². The van der Waals surface area contributed by atoms with Gasteiger partial charge in [0.15, 0.2) is 10.8 Å². The number of ether oxygens (including phenoxy) is 1. The number of carbonyl (C=O) groups excluding carboxylic acids is 2. The van der Waals surface area contributed by atoms with Gasteiger partial charge in [0.1, 0.15) is 5.60 Å². The molecule has 0 unspecified atom stereocenters. The zero-order valence-corrected chi connectivity index (χ0v) is 14.5. The summed E-state index contributed by atoms with van der Waals surface area (Å²) >= 11 is 1.45. The Morgan fingerprint density at radius 2 is 2.00 bits per heavy atom. The summed E-state index contributed by atoms with van der Waals surface area (Å²) < 4.78 is 5.38. The maximum atomic E-state index is 12.2. The van der Waals surface area contributed by atoms with Crippen LogP contribution in [0.4, 0.5) is 4.79 Å². The average Bonchev–Trinajstić information content (AvgIpc) is 2.84. The van der Waals surface area contributed by atoms with Crippen molar-refractivity contribution in [2.75, 3.05) is 13.1 Å². The molecule has 0 saturated carbocycles. The molecule has 22 heavy (non-hydrogen) atoms. The smallest absolute Gasteiger partial charge is 0.410 e. The van der Waals surface area contributed by atoms with Crippen LogP contribution in [-0.2, 0) is 4.74 Å². The molecule has 122 valence electrons. The molecule has 2 heterocycles. The topological polar surface area (TPSA) is 59.5 Å². The molecule has 0 atom stereocenters. The van der Waals surface area contributed by atoms with Crippen LogP contribution in [-0.4, -0.2) is 40.5 Å². The first-order chi connectivity index (χ1) is 10.2. The zero-order valence-electron chi connectivity index (χ0n) is 13.7. The first kappa shape index (κ1) is 16.9. The number of Topliss-reactive ketones (excluding diaryl/α,β-unsaturated/α-hetero) is 1. The third-order valence-corrected chi connectivity index (χ3v) is 4.55. The lowest BCUT2D eigenvalue weighted by atomic mass is 9.92. The fraction of sp³-hybridized carbons (Fsp3) is 0.688. The molecule has 0 aliphatic carbocycles. The minimum Gasteiger partial charge on any atom is -0.444 e. The van der Waals surface area contributed by atoms with E-state index < -0.39 is 5.60 Å². The van der Waals surface area contributed by atoms with Crippen LogP contribution in [0.25, 0.3) is 0 Å². The Balaban J connectivity index is 1.80. The third kappa shape index (κ3) is 4.80. The summed E-state index contributed by atoms with van der Waals surface area (Å²) in [6.07, 6.45) is 3.69. The number of amides is 1. The van der Waals surface area contributed by atoms with Gasteiger partial charge in [-0.15, -0.1) is 11.3 Å². The highest BCUT2D eigenvalue weighted by atomic mass is 32.1. The van der Waals surface area contributed by atoms with Crippen LogP contribution < -0.4 is 0 Å². The van der Waals surface area contributed by atoms with E-state index in [1.165, 1.54) is 11.3 Å². The second-order valence-electron chi connectivity index (χ2n) is 6.81. The molecule has 1 aliphatic heterocycles. The van der Waals surface area contributed by atoms with Crippen LogP contribution in [0.15, 0.2) is 6.20 Å². The lowest BCUT2D eigenvalue weighted by Gasteiger charge is -2.33. The molecule has 0 spiro atoms. The second kappa shape index (κ2) is 6.77. The number of aryl methyl sites for hydroxylation is 1. The number of piperidine rings is 1. The van der Waals surface area contributed by atoms with E-state index in [0.29, 0.717) is 30.4 Å². The van der Waals surface area contributed by atoms with Gasteiger partial charge in [0, 0.05) is 30.6 Å². The van der Waals surface area contributed by atoms with Crippen molar-refractivity contribution in [3.05, 3.63) is 16.1 Å². The Kier molecular flexibility index (Phi) is 5.21. The first-order valence-corrected chi connectivity index (χ1v) is 8.50. The summed E-state index contributed by atoms with van der Waals surface area (Å²) in [7, 11) is 0. The lowest BCUT2D eigenvalue weighted by molar-refractivity contribution is 0.0183. The number of rotatable bonds is 3. The molecule has 1 aliphatic rings. The van der Waals surface area contributed by atoms with Crippen LogP contribution in [0.1, 0.15) is 54.7 Å². The number of thiazole rings is 1. The molecule has 0 N–H and O–H groups in total. The normalized spacial score (nSPS) is 16.6. The van der Waals surface area contributed by atoms with Crippen LogP contribution >= 0.6 is 11.3 Å². The SMILES string of the molecule is Cc1cnc(C(=O)CC2CCN(C(=O)OC(C)(C)C)CC2)s1. The van der Waals surface area contributed by atoms with E-state index in [0.717, 1.165) is 17.7 Å². The van der Waals surface area contributed by atoms with Gasteiger partial charge in [-0.3, -0.25) is 4.79 Å². The van der Waals surface area contributed by atoms with Gasteiger partial charge in [0.25, 0.3) is 0 Å². The predicted molar refractivity (Wildman–Crippen MR) is 86.3 cm³/mol. The maximum Gasteiger partial charge on any atom is 0.410 e. The van der Waals surface area contributed by atoms with Crippen molar-refractivity contribution in [2.45, 2.75) is 52.6 Å². The molecule has 0 radical (unpaired) electrons. The Morgan fingerprint density at radius 3 is 2.50 bits per heavy atom. The minimum absolute atomic E-state index is 0.119. The van der Waals surface area contributed by atoms with Crippen LogP contribution in [0.2, 0.25) is 0 Å². The third-order valence-electron chi connectivity index (χ3n) is 3.60. The summed E-state index contributed by atoms with van der Waals surface area (Å²) in [5.74, 6) is 0.448. The predicted octanol–water partition coefficient (Wildman–Crippen LogP) is 3.67. The van der Waals surface area contributed by atoms with Crippen molar-refractivity contribution in [1.29, 1.82) is 0 Å². The molecule has 1 saturated heterocycles. The maximum absolute atomic E-state index is 12.2. The molecule has 1 amide bonds. The van der Waals surface area contributed by atoms with Crippen LogP contribution in [0.5, 0.6) is 0 Å². The molecule has 1 fully saturated rings. The van der Waals surface area contributed by atoms with Crippen molar-refractivity contribution in [3.8, 4) is 0 Å². The van der Waals surface area contributed by atoms with Crippen LogP contribution in [0.3, 0.4) is 0 Å². The summed E-state index contributed by atoms with van der Waals surface area (Å²) in [4.78, 5) is 31.1. The van der Waals surface area contributed by atoms with E-state index in [9.17, 15) is 9.59 Å². The van der Waals surface area contributed by atoms with Crippen molar-refractivity contribution in [2.24, 2.45) is 5.92 Å². The van der Waals surface area contributed by atoms with E-state index >= 15 is 0 Å². The number of ketones is 1. The Bertz CT molecular complexity index is 540. The molecular formula is C16H24N2O3S. The summed E-state index contributed by atoms with van der Waals surface area (Å²) in [6.45, 7) is 8.87. The molecule has 0 bridgehead atoms. The second-order valence-corrected chi connectivity index (χ2v) is 8.05. The van der Waals surface area contributed by atoms with E-state index in [-0.39, 0.29) is 11.9 Å². The Morgan fingerprint density at radius 1 is 1.36 bits per heavy atom. The molecule has 0 aromatic carbocycles. The monoisotopic (exact) mass is 324 g/mol. The van der Waals surface area contributed by atoms with Gasteiger partial charge >= 0.3 is 6.09 Å². The van der Waals surface area contributed by atoms with Crippen molar-refractivity contribution in [1.82, 2.24) is 9.88 Å². The van der Waals surface area contributed by atoms with E-state index in [1.54, 1.807) is 11.1 Å². The number of likely N-dealkylation sites (tertiary alicyclic amines) is 1. The summed E-state index contributed by atoms with van der Waals surface area (Å²) in [5.41, 5.74) is -0.466. The Hall–Kier alpha value is -1.43. The first-order valence-electron chi connectivity index (χ1n) is 7.68. The van der Waals surface area contributed by atoms with E-state index in [1.807, 2.05) is 27.7 Å².